The summed E-state index contributed by atoms with van der Waals surface area (Å²) in [5.41, 5.74) is 2.21. The van der Waals surface area contributed by atoms with E-state index in [9.17, 15) is 4.79 Å². The number of benzene rings is 1. The fraction of sp³-hybridized carbons (Fsp3) is 0.455. The maximum atomic E-state index is 12.7. The molecular formula is C22H29N3O3. The van der Waals surface area contributed by atoms with Crippen molar-refractivity contribution in [2.24, 2.45) is 0 Å². The Balaban J connectivity index is 1.52. The zero-order valence-corrected chi connectivity index (χ0v) is 16.9. The molecule has 1 amide bonds. The molecule has 1 atom stereocenters. The van der Waals surface area contributed by atoms with Crippen LogP contribution >= 0.6 is 0 Å². The largest absolute Gasteiger partial charge is 0.493 e. The Morgan fingerprint density at radius 2 is 1.89 bits per heavy atom. The van der Waals surface area contributed by atoms with E-state index < -0.39 is 0 Å². The lowest BCUT2D eigenvalue weighted by Crippen LogP contribution is -2.49. The lowest BCUT2D eigenvalue weighted by molar-refractivity contribution is -0.133. The van der Waals surface area contributed by atoms with Gasteiger partial charge in [-0.05, 0) is 36.6 Å². The molecule has 0 N–H and O–H groups in total. The van der Waals surface area contributed by atoms with Crippen LogP contribution in [0, 0.1) is 0 Å². The highest BCUT2D eigenvalue weighted by Crippen LogP contribution is 2.31. The minimum atomic E-state index is 0.193. The third-order valence-electron chi connectivity index (χ3n) is 5.47. The molecule has 1 aliphatic rings. The zero-order valence-electron chi connectivity index (χ0n) is 16.9. The van der Waals surface area contributed by atoms with Gasteiger partial charge in [-0.15, -0.1) is 0 Å². The summed E-state index contributed by atoms with van der Waals surface area (Å²) in [6, 6.07) is 10.2. The number of nitrogens with zero attached hydrogens (tertiary/aromatic N) is 3. The molecule has 1 fully saturated rings. The maximum Gasteiger partial charge on any atom is 0.222 e. The van der Waals surface area contributed by atoms with E-state index in [0.29, 0.717) is 30.4 Å². The van der Waals surface area contributed by atoms with E-state index in [2.05, 4.69) is 22.9 Å². The molecule has 1 aromatic carbocycles. The van der Waals surface area contributed by atoms with E-state index in [-0.39, 0.29) is 5.91 Å². The Morgan fingerprint density at radius 3 is 2.54 bits per heavy atom. The van der Waals surface area contributed by atoms with Gasteiger partial charge in [0.15, 0.2) is 11.5 Å². The van der Waals surface area contributed by atoms with Crippen molar-refractivity contribution in [3.63, 3.8) is 0 Å². The molecule has 150 valence electrons. The number of amides is 1. The van der Waals surface area contributed by atoms with Crippen molar-refractivity contribution in [1.29, 1.82) is 0 Å². The minimum absolute atomic E-state index is 0.193. The van der Waals surface area contributed by atoms with Crippen LogP contribution in [0.25, 0.3) is 0 Å². The Hall–Kier alpha value is -2.60. The minimum Gasteiger partial charge on any atom is -0.493 e. The smallest absolute Gasteiger partial charge is 0.222 e. The molecule has 3 rings (SSSR count). The van der Waals surface area contributed by atoms with Crippen molar-refractivity contribution in [3.05, 3.63) is 53.9 Å². The molecule has 2 aromatic rings. The molecule has 6 nitrogen and oxygen atoms in total. The first-order valence-corrected chi connectivity index (χ1v) is 9.75. The van der Waals surface area contributed by atoms with E-state index in [4.69, 9.17) is 9.47 Å². The van der Waals surface area contributed by atoms with Crippen molar-refractivity contribution >= 4 is 5.91 Å². The summed E-state index contributed by atoms with van der Waals surface area (Å²) in [7, 11) is 3.25. The van der Waals surface area contributed by atoms with E-state index >= 15 is 0 Å². The predicted molar refractivity (Wildman–Crippen MR) is 109 cm³/mol. The number of carbonyl (C=O) groups excluding carboxylic acids is 1. The average molecular weight is 383 g/mol. The summed E-state index contributed by atoms with van der Waals surface area (Å²) in [4.78, 5) is 21.3. The second kappa shape index (κ2) is 9.55. The molecule has 1 aromatic heterocycles. The highest BCUT2D eigenvalue weighted by molar-refractivity contribution is 5.76. The lowest BCUT2D eigenvalue weighted by atomic mass is 10.1. The van der Waals surface area contributed by atoms with E-state index in [0.717, 1.165) is 31.7 Å². The van der Waals surface area contributed by atoms with Crippen molar-refractivity contribution < 1.29 is 14.3 Å². The number of rotatable bonds is 7. The summed E-state index contributed by atoms with van der Waals surface area (Å²) in [6.07, 6.45) is 4.83. The first-order chi connectivity index (χ1) is 13.6. The first kappa shape index (κ1) is 20.1. The normalized spacial score (nSPS) is 15.9. The molecule has 0 radical (unpaired) electrons. The zero-order chi connectivity index (χ0) is 19.9. The number of methoxy groups -OCH3 is 2. The summed E-state index contributed by atoms with van der Waals surface area (Å²) < 4.78 is 10.8. The number of aryl methyl sites for hydroxylation is 1. The van der Waals surface area contributed by atoms with Crippen LogP contribution in [0.5, 0.6) is 11.5 Å². The quantitative estimate of drug-likeness (QED) is 0.736. The Bertz CT molecular complexity index is 774. The SMILES string of the molecule is COc1cccc(CCC(=O)N2CCN(C(C)c3cccnc3)CC2)c1OC. The van der Waals surface area contributed by atoms with E-state index in [1.54, 1.807) is 20.4 Å². The molecule has 0 bridgehead atoms. The maximum absolute atomic E-state index is 12.7. The number of aromatic nitrogens is 1. The summed E-state index contributed by atoms with van der Waals surface area (Å²) in [6.45, 7) is 5.48. The Morgan fingerprint density at radius 1 is 1.11 bits per heavy atom. The van der Waals surface area contributed by atoms with Gasteiger partial charge in [-0.1, -0.05) is 18.2 Å². The van der Waals surface area contributed by atoms with Gasteiger partial charge in [0.1, 0.15) is 0 Å². The number of hydrogen-bond acceptors (Lipinski definition) is 5. The molecular weight excluding hydrogens is 354 g/mol. The number of hydrogen-bond donors (Lipinski definition) is 0. The molecule has 28 heavy (non-hydrogen) atoms. The Labute approximate surface area is 167 Å². The molecule has 1 aliphatic heterocycles. The van der Waals surface area contributed by atoms with Crippen LogP contribution in [-0.2, 0) is 11.2 Å². The number of carbonyl (C=O) groups is 1. The highest BCUT2D eigenvalue weighted by atomic mass is 16.5. The molecule has 1 saturated heterocycles. The fourth-order valence-corrected chi connectivity index (χ4v) is 3.74. The average Bonchev–Trinajstić information content (AvgIpc) is 2.77. The molecule has 0 spiro atoms. The van der Waals surface area contributed by atoms with Gasteiger partial charge < -0.3 is 14.4 Å². The van der Waals surface area contributed by atoms with Gasteiger partial charge in [-0.3, -0.25) is 14.7 Å². The van der Waals surface area contributed by atoms with Crippen LogP contribution in [-0.4, -0.2) is 61.1 Å². The second-order valence-electron chi connectivity index (χ2n) is 7.03. The first-order valence-electron chi connectivity index (χ1n) is 9.75. The highest BCUT2D eigenvalue weighted by Gasteiger charge is 2.25. The van der Waals surface area contributed by atoms with Crippen LogP contribution in [0.1, 0.15) is 30.5 Å². The van der Waals surface area contributed by atoms with E-state index in [1.165, 1.54) is 5.56 Å². The van der Waals surface area contributed by atoms with Crippen LogP contribution in [0.2, 0.25) is 0 Å². The summed E-state index contributed by atoms with van der Waals surface area (Å²) >= 11 is 0. The van der Waals surface area contributed by atoms with Gasteiger partial charge in [0.25, 0.3) is 0 Å². The number of pyridine rings is 1. The molecule has 0 aliphatic carbocycles. The molecule has 1 unspecified atom stereocenters. The monoisotopic (exact) mass is 383 g/mol. The van der Waals surface area contributed by atoms with Gasteiger partial charge in [0, 0.05) is 51.0 Å². The van der Waals surface area contributed by atoms with Crippen LogP contribution < -0.4 is 9.47 Å². The summed E-state index contributed by atoms with van der Waals surface area (Å²) in [5.74, 6) is 1.61. The predicted octanol–water partition coefficient (Wildman–Crippen LogP) is 2.94. The van der Waals surface area contributed by atoms with Crippen molar-refractivity contribution in [1.82, 2.24) is 14.8 Å². The van der Waals surface area contributed by atoms with Crippen LogP contribution in [0.3, 0.4) is 0 Å². The van der Waals surface area contributed by atoms with Crippen LogP contribution in [0.4, 0.5) is 0 Å². The third-order valence-corrected chi connectivity index (χ3v) is 5.47. The number of piperazine rings is 1. The lowest BCUT2D eigenvalue weighted by Gasteiger charge is -2.38. The van der Waals surface area contributed by atoms with Gasteiger partial charge in [0.2, 0.25) is 5.91 Å². The van der Waals surface area contributed by atoms with Gasteiger partial charge in [0.05, 0.1) is 14.2 Å². The van der Waals surface area contributed by atoms with Crippen LogP contribution in [0.15, 0.2) is 42.7 Å². The number of ether oxygens (including phenoxy) is 2. The standard InChI is InChI=1S/C22H29N3O3/c1-17(19-7-5-11-23-16-19)24-12-14-25(15-13-24)21(26)10-9-18-6-4-8-20(27-2)22(18)28-3/h4-8,11,16-17H,9-10,12-15H2,1-3H3. The van der Waals surface area contributed by atoms with Crippen molar-refractivity contribution in [3.8, 4) is 11.5 Å². The van der Waals surface area contributed by atoms with Crippen molar-refractivity contribution in [2.45, 2.75) is 25.8 Å². The van der Waals surface area contributed by atoms with Gasteiger partial charge in [-0.25, -0.2) is 0 Å². The fourth-order valence-electron chi connectivity index (χ4n) is 3.74. The van der Waals surface area contributed by atoms with Gasteiger partial charge in [-0.2, -0.15) is 0 Å². The molecule has 6 heteroatoms. The number of para-hydroxylation sites is 1. The Kier molecular flexibility index (Phi) is 6.87. The molecule has 2 heterocycles. The molecule has 0 saturated carbocycles. The van der Waals surface area contributed by atoms with Crippen molar-refractivity contribution in [2.75, 3.05) is 40.4 Å². The second-order valence-corrected chi connectivity index (χ2v) is 7.03. The van der Waals surface area contributed by atoms with Gasteiger partial charge >= 0.3 is 0 Å². The van der Waals surface area contributed by atoms with E-state index in [1.807, 2.05) is 35.4 Å². The summed E-state index contributed by atoms with van der Waals surface area (Å²) in [5, 5.41) is 0. The topological polar surface area (TPSA) is 54.9 Å². The third kappa shape index (κ3) is 4.62.